The van der Waals surface area contributed by atoms with Gasteiger partial charge in [-0.25, -0.2) is 0 Å². The molecule has 0 saturated heterocycles. The van der Waals surface area contributed by atoms with Crippen LogP contribution in [0.15, 0.2) is 0 Å². The minimum absolute atomic E-state index is 0. The monoisotopic (exact) mass is 130 g/mol. The molecule has 0 aliphatic heterocycles. The van der Waals surface area contributed by atoms with Crippen molar-refractivity contribution in [2.24, 2.45) is 0 Å². The Morgan fingerprint density at radius 3 is 2.44 bits per heavy atom. The number of aliphatic hydroxyl groups excluding tert-OH is 1. The van der Waals surface area contributed by atoms with Crippen LogP contribution in [-0.4, -0.2) is 24.9 Å². The van der Waals surface area contributed by atoms with Gasteiger partial charge < -0.3 is 9.84 Å². The summed E-state index contributed by atoms with van der Waals surface area (Å²) >= 11 is 0. The Morgan fingerprint density at radius 2 is 2.00 bits per heavy atom. The minimum atomic E-state index is 0. The third-order valence-electron chi connectivity index (χ3n) is 0.878. The second-order valence-electron chi connectivity index (χ2n) is 1.69. The molecule has 0 aliphatic rings. The number of rotatable bonds is 5. The van der Waals surface area contributed by atoms with Gasteiger partial charge >= 0.3 is 0 Å². The molecule has 0 rings (SSSR count). The zero-order valence-corrected chi connectivity index (χ0v) is 5.89. The molecule has 0 atom stereocenters. The molecule has 0 aromatic heterocycles. The van der Waals surface area contributed by atoms with Crippen LogP contribution in [0.1, 0.15) is 19.8 Å². The smallest absolute Gasteiger partial charge is 0.0697 e. The third kappa shape index (κ3) is 11.5. The van der Waals surface area contributed by atoms with Gasteiger partial charge in [-0.15, -0.1) is 0 Å². The van der Waals surface area contributed by atoms with Crippen LogP contribution in [0.3, 0.4) is 0 Å². The van der Waals surface area contributed by atoms with E-state index in [4.69, 9.17) is 9.84 Å². The molecule has 54 valence electrons. The van der Waals surface area contributed by atoms with E-state index in [1.807, 2.05) is 0 Å². The molecule has 2 heteroatoms. The zero-order chi connectivity index (χ0) is 6.24. The first kappa shape index (κ1) is 11.7. The van der Waals surface area contributed by atoms with Crippen LogP contribution in [-0.2, 0) is 4.74 Å². The lowest BCUT2D eigenvalue weighted by molar-refractivity contribution is 0.0904. The Labute approximate surface area is 57.8 Å². The topological polar surface area (TPSA) is 29.5 Å². The molecule has 0 aromatic rings. The van der Waals surface area contributed by atoms with Crippen molar-refractivity contribution in [2.75, 3.05) is 19.8 Å². The van der Waals surface area contributed by atoms with Crippen LogP contribution in [0.5, 0.6) is 0 Å². The maximum absolute atomic E-state index is 8.24. The Balaban J connectivity index is 0. The molecule has 0 bridgehead atoms. The van der Waals surface area contributed by atoms with Crippen molar-refractivity contribution in [1.29, 1.82) is 0 Å². The molecule has 1 N–H and O–H groups in total. The second kappa shape index (κ2) is 10.8. The van der Waals surface area contributed by atoms with Gasteiger partial charge in [0.05, 0.1) is 13.2 Å². The maximum atomic E-state index is 8.24. The van der Waals surface area contributed by atoms with Crippen molar-refractivity contribution < 1.29 is 9.84 Å². The lowest BCUT2D eigenvalue weighted by Crippen LogP contribution is -1.99. The van der Waals surface area contributed by atoms with Gasteiger partial charge in [-0.05, 0) is 6.42 Å². The number of hydrogen-bond acceptors (Lipinski definition) is 2. The summed E-state index contributed by atoms with van der Waals surface area (Å²) in [4.78, 5) is 0. The van der Waals surface area contributed by atoms with E-state index in [-0.39, 0.29) is 14.0 Å². The molecule has 0 aromatic carbocycles. The van der Waals surface area contributed by atoms with Crippen molar-refractivity contribution in [3.8, 4) is 0 Å². The van der Waals surface area contributed by atoms with Crippen LogP contribution in [0.4, 0.5) is 0 Å². The number of ether oxygens (including phenoxy) is 1. The average molecular weight is 130 g/mol. The van der Waals surface area contributed by atoms with Gasteiger partial charge in [0.1, 0.15) is 0 Å². The molecular weight excluding hydrogens is 116 g/mol. The summed E-state index contributed by atoms with van der Waals surface area (Å²) in [6.07, 6.45) is 2.26. The molecule has 0 unspecified atom stereocenters. The maximum Gasteiger partial charge on any atom is 0.0697 e. The fourth-order valence-corrected chi connectivity index (χ4v) is 0.413. The molecule has 0 fully saturated rings. The molecule has 0 amide bonds. The van der Waals surface area contributed by atoms with Crippen LogP contribution < -0.4 is 0 Å². The molecule has 0 spiro atoms. The van der Waals surface area contributed by atoms with E-state index in [1.54, 1.807) is 0 Å². The first-order chi connectivity index (χ1) is 3.91. The van der Waals surface area contributed by atoms with E-state index in [2.05, 4.69) is 6.92 Å². The van der Waals surface area contributed by atoms with E-state index in [9.17, 15) is 0 Å². The predicted octanol–water partition coefficient (Wildman–Crippen LogP) is 0.877. The summed E-state index contributed by atoms with van der Waals surface area (Å²) in [6, 6.07) is 0. The fraction of sp³-hybridized carbons (Fsp3) is 0.857. The first-order valence-corrected chi connectivity index (χ1v) is 3.10. The first-order valence-electron chi connectivity index (χ1n) is 3.10. The molecule has 0 heterocycles. The summed E-state index contributed by atoms with van der Waals surface area (Å²) in [5, 5.41) is 8.24. The standard InChI is InChI=1S/C6H14O2.C/c1-2-3-5-8-6-4-7;/h7H,2-6H2,1H3;. The Kier molecular flexibility index (Phi) is 14.0. The Morgan fingerprint density at radius 1 is 1.33 bits per heavy atom. The van der Waals surface area contributed by atoms with Crippen LogP contribution >= 0.6 is 0 Å². The summed E-state index contributed by atoms with van der Waals surface area (Å²) in [5.74, 6) is 0. The molecule has 4 radical (unpaired) electrons. The molecule has 9 heavy (non-hydrogen) atoms. The van der Waals surface area contributed by atoms with Crippen LogP contribution in [0.25, 0.3) is 0 Å². The summed E-state index contributed by atoms with van der Waals surface area (Å²) < 4.78 is 4.97. The summed E-state index contributed by atoms with van der Waals surface area (Å²) in [7, 11) is 0. The van der Waals surface area contributed by atoms with E-state index in [0.29, 0.717) is 6.61 Å². The van der Waals surface area contributed by atoms with Crippen molar-refractivity contribution in [1.82, 2.24) is 0 Å². The Bertz CT molecular complexity index is 31.9. The predicted molar refractivity (Wildman–Crippen MR) is 36.1 cm³/mol. The van der Waals surface area contributed by atoms with Crippen molar-refractivity contribution in [3.05, 3.63) is 7.43 Å². The van der Waals surface area contributed by atoms with E-state index < -0.39 is 0 Å². The SMILES string of the molecule is CCCCOCCO.[C]. The van der Waals surface area contributed by atoms with Gasteiger partial charge in [-0.3, -0.25) is 0 Å². The van der Waals surface area contributed by atoms with Crippen molar-refractivity contribution in [3.63, 3.8) is 0 Å². The second-order valence-corrected chi connectivity index (χ2v) is 1.69. The lowest BCUT2D eigenvalue weighted by Gasteiger charge is -1.97. The van der Waals surface area contributed by atoms with Gasteiger partial charge in [0.2, 0.25) is 0 Å². The van der Waals surface area contributed by atoms with Gasteiger partial charge in [0.15, 0.2) is 0 Å². The largest absolute Gasteiger partial charge is 0.394 e. The van der Waals surface area contributed by atoms with Gasteiger partial charge in [-0.2, -0.15) is 0 Å². The third-order valence-corrected chi connectivity index (χ3v) is 0.878. The highest BCUT2D eigenvalue weighted by atomic mass is 16.5. The van der Waals surface area contributed by atoms with Gasteiger partial charge in [0, 0.05) is 14.0 Å². The molecule has 0 aliphatic carbocycles. The van der Waals surface area contributed by atoms with Gasteiger partial charge in [0.25, 0.3) is 0 Å². The van der Waals surface area contributed by atoms with Crippen molar-refractivity contribution >= 4 is 0 Å². The van der Waals surface area contributed by atoms with E-state index >= 15 is 0 Å². The van der Waals surface area contributed by atoms with Gasteiger partial charge in [-0.1, -0.05) is 13.3 Å². The minimum Gasteiger partial charge on any atom is -0.394 e. The number of hydrogen-bond donors (Lipinski definition) is 1. The Hall–Kier alpha value is -0.0800. The number of aliphatic hydroxyl groups is 1. The number of unbranched alkanes of at least 4 members (excludes halogenated alkanes) is 1. The van der Waals surface area contributed by atoms with Crippen LogP contribution in [0, 0.1) is 7.43 Å². The van der Waals surface area contributed by atoms with Crippen LogP contribution in [0.2, 0.25) is 0 Å². The summed E-state index contributed by atoms with van der Waals surface area (Å²) in [6.45, 7) is 3.53. The molecular formula is C7H14O2. The lowest BCUT2D eigenvalue weighted by atomic mass is 10.4. The highest BCUT2D eigenvalue weighted by molar-refractivity contribution is 4.30. The fourth-order valence-electron chi connectivity index (χ4n) is 0.413. The molecule has 2 nitrogen and oxygen atoms in total. The normalized spacial score (nSPS) is 8.67. The van der Waals surface area contributed by atoms with Crippen molar-refractivity contribution in [2.45, 2.75) is 19.8 Å². The van der Waals surface area contributed by atoms with E-state index in [0.717, 1.165) is 19.4 Å². The van der Waals surface area contributed by atoms with E-state index in [1.165, 1.54) is 0 Å². The highest BCUT2D eigenvalue weighted by Crippen LogP contribution is 1.85. The molecule has 0 saturated carbocycles. The average Bonchev–Trinajstić information content (AvgIpc) is 1.81. The zero-order valence-electron chi connectivity index (χ0n) is 5.89. The highest BCUT2D eigenvalue weighted by Gasteiger charge is 1.82. The quantitative estimate of drug-likeness (QED) is 0.560. The summed E-state index contributed by atoms with van der Waals surface area (Å²) in [5.41, 5.74) is 0.